The third-order valence-corrected chi connectivity index (χ3v) is 5.21. The number of aromatic nitrogens is 3. The molecular weight excluding hydrogens is 393 g/mol. The molecule has 6 nitrogen and oxygen atoms in total. The zero-order valence-electron chi connectivity index (χ0n) is 15.8. The maximum Gasteiger partial charge on any atom is 0.352 e. The number of likely N-dealkylation sites (tertiary alicyclic amines) is 1. The average molecular weight is 414 g/mol. The van der Waals surface area contributed by atoms with Crippen LogP contribution in [0.4, 0.5) is 10.3 Å². The zero-order chi connectivity index (χ0) is 20.2. The molecule has 1 aromatic heterocycles. The van der Waals surface area contributed by atoms with E-state index in [2.05, 4.69) is 20.2 Å². The lowest BCUT2D eigenvalue weighted by molar-refractivity contribution is 0.328. The molecule has 1 unspecified atom stereocenters. The SMILES string of the molecule is O=c1nc(NC2CCN(Cc3ccc(F)cc3)C2)ncn1Cc1ccc(Cl)cc1. The third-order valence-electron chi connectivity index (χ3n) is 4.96. The Morgan fingerprint density at radius 1 is 1.07 bits per heavy atom. The summed E-state index contributed by atoms with van der Waals surface area (Å²) in [6.45, 7) is 2.89. The molecule has 0 bridgehead atoms. The molecule has 0 saturated carbocycles. The summed E-state index contributed by atoms with van der Waals surface area (Å²) in [5.41, 5.74) is 1.68. The van der Waals surface area contributed by atoms with Gasteiger partial charge in [-0.05, 0) is 41.8 Å². The van der Waals surface area contributed by atoms with Gasteiger partial charge in [0.15, 0.2) is 0 Å². The van der Waals surface area contributed by atoms with Crippen LogP contribution in [0.1, 0.15) is 17.5 Å². The second-order valence-corrected chi connectivity index (χ2v) is 7.64. The second-order valence-electron chi connectivity index (χ2n) is 7.21. The first kappa shape index (κ1) is 19.5. The maximum absolute atomic E-state index is 13.0. The van der Waals surface area contributed by atoms with Crippen LogP contribution in [0.25, 0.3) is 0 Å². The molecule has 1 aliphatic rings. The highest BCUT2D eigenvalue weighted by molar-refractivity contribution is 6.30. The van der Waals surface area contributed by atoms with Gasteiger partial charge in [0.05, 0.1) is 6.54 Å². The summed E-state index contributed by atoms with van der Waals surface area (Å²) in [7, 11) is 0. The maximum atomic E-state index is 13.0. The van der Waals surface area contributed by atoms with E-state index in [-0.39, 0.29) is 17.5 Å². The minimum atomic E-state index is -0.349. The number of halogens is 2. The highest BCUT2D eigenvalue weighted by atomic mass is 35.5. The molecule has 1 N–H and O–H groups in total. The van der Waals surface area contributed by atoms with Crippen molar-refractivity contribution in [3.63, 3.8) is 0 Å². The number of hydrogen-bond acceptors (Lipinski definition) is 5. The van der Waals surface area contributed by atoms with Gasteiger partial charge in [-0.2, -0.15) is 4.98 Å². The largest absolute Gasteiger partial charge is 0.352 e. The number of hydrogen-bond donors (Lipinski definition) is 1. The predicted molar refractivity (Wildman–Crippen MR) is 111 cm³/mol. The van der Waals surface area contributed by atoms with Crippen LogP contribution in [-0.2, 0) is 13.1 Å². The molecule has 29 heavy (non-hydrogen) atoms. The predicted octanol–water partition coefficient (Wildman–Crippen LogP) is 3.17. The van der Waals surface area contributed by atoms with E-state index in [9.17, 15) is 9.18 Å². The number of nitrogens with zero attached hydrogens (tertiary/aromatic N) is 4. The summed E-state index contributed by atoms with van der Waals surface area (Å²) in [5, 5.41) is 3.91. The quantitative estimate of drug-likeness (QED) is 0.672. The lowest BCUT2D eigenvalue weighted by Gasteiger charge is -2.17. The van der Waals surface area contributed by atoms with E-state index >= 15 is 0 Å². The standard InChI is InChI=1S/C21H21ClFN5O/c22-17-5-1-16(2-6-17)12-28-14-24-20(26-21(28)29)25-19-9-10-27(13-19)11-15-3-7-18(23)8-4-15/h1-8,14,19H,9-13H2,(H,25,26,29). The molecule has 1 saturated heterocycles. The van der Waals surface area contributed by atoms with Gasteiger partial charge in [0.25, 0.3) is 0 Å². The molecule has 8 heteroatoms. The van der Waals surface area contributed by atoms with Crippen molar-refractivity contribution in [1.29, 1.82) is 0 Å². The fourth-order valence-corrected chi connectivity index (χ4v) is 3.57. The molecule has 2 aromatic carbocycles. The number of benzene rings is 2. The van der Waals surface area contributed by atoms with E-state index in [4.69, 9.17) is 11.6 Å². The van der Waals surface area contributed by atoms with E-state index in [1.807, 2.05) is 12.1 Å². The van der Waals surface area contributed by atoms with Gasteiger partial charge in [0, 0.05) is 30.7 Å². The topological polar surface area (TPSA) is 63.1 Å². The lowest BCUT2D eigenvalue weighted by atomic mass is 10.2. The van der Waals surface area contributed by atoms with Crippen LogP contribution in [-0.4, -0.2) is 38.6 Å². The second kappa shape index (κ2) is 8.71. The highest BCUT2D eigenvalue weighted by Gasteiger charge is 2.23. The summed E-state index contributed by atoms with van der Waals surface area (Å²) >= 11 is 5.89. The molecule has 4 rings (SSSR count). The van der Waals surface area contributed by atoms with Crippen LogP contribution in [0, 0.1) is 5.82 Å². The Morgan fingerprint density at radius 2 is 1.76 bits per heavy atom. The van der Waals surface area contributed by atoms with E-state index in [1.165, 1.54) is 23.0 Å². The zero-order valence-corrected chi connectivity index (χ0v) is 16.5. The fraction of sp³-hybridized carbons (Fsp3) is 0.286. The molecule has 2 heterocycles. The third kappa shape index (κ3) is 5.19. The van der Waals surface area contributed by atoms with Crippen LogP contribution in [0.15, 0.2) is 59.7 Å². The number of anilines is 1. The van der Waals surface area contributed by atoms with Crippen LogP contribution < -0.4 is 11.0 Å². The van der Waals surface area contributed by atoms with Crippen LogP contribution in [0.3, 0.4) is 0 Å². The summed E-state index contributed by atoms with van der Waals surface area (Å²) in [6, 6.07) is 14.1. The van der Waals surface area contributed by atoms with Crippen molar-refractivity contribution in [2.75, 3.05) is 18.4 Å². The van der Waals surface area contributed by atoms with Crippen molar-refractivity contribution in [2.45, 2.75) is 25.6 Å². The minimum absolute atomic E-state index is 0.168. The van der Waals surface area contributed by atoms with Crippen molar-refractivity contribution >= 4 is 17.5 Å². The van der Waals surface area contributed by atoms with Crippen molar-refractivity contribution < 1.29 is 4.39 Å². The average Bonchev–Trinajstić information content (AvgIpc) is 3.14. The molecular formula is C21H21ClFN5O. The van der Waals surface area contributed by atoms with Crippen LogP contribution in [0.5, 0.6) is 0 Å². The molecule has 0 amide bonds. The Balaban J connectivity index is 1.34. The normalized spacial score (nSPS) is 16.8. The first-order chi connectivity index (χ1) is 14.0. The molecule has 1 aliphatic heterocycles. The van der Waals surface area contributed by atoms with Crippen molar-refractivity contribution in [3.05, 3.63) is 87.3 Å². The smallest absolute Gasteiger partial charge is 0.350 e. The Labute approximate surface area is 173 Å². The summed E-state index contributed by atoms with van der Waals surface area (Å²) < 4.78 is 14.5. The van der Waals surface area contributed by atoms with Crippen molar-refractivity contribution in [3.8, 4) is 0 Å². The molecule has 150 valence electrons. The van der Waals surface area contributed by atoms with Gasteiger partial charge in [-0.1, -0.05) is 35.9 Å². The number of rotatable bonds is 6. The van der Waals surface area contributed by atoms with Crippen molar-refractivity contribution in [1.82, 2.24) is 19.4 Å². The van der Waals surface area contributed by atoms with Gasteiger partial charge in [0.2, 0.25) is 5.95 Å². The van der Waals surface area contributed by atoms with Gasteiger partial charge in [-0.3, -0.25) is 9.47 Å². The number of nitrogens with one attached hydrogen (secondary N) is 1. The van der Waals surface area contributed by atoms with E-state index in [0.29, 0.717) is 17.5 Å². The Bertz CT molecular complexity index is 1020. The van der Waals surface area contributed by atoms with Crippen LogP contribution in [0.2, 0.25) is 5.02 Å². The lowest BCUT2D eigenvalue weighted by Crippen LogP contribution is -2.30. The molecule has 0 spiro atoms. The van der Waals surface area contributed by atoms with E-state index < -0.39 is 0 Å². The first-order valence-corrected chi connectivity index (χ1v) is 9.84. The van der Waals surface area contributed by atoms with E-state index in [0.717, 1.165) is 37.2 Å². The molecule has 1 fully saturated rings. The molecule has 0 aliphatic carbocycles. The first-order valence-electron chi connectivity index (χ1n) is 9.46. The molecule has 1 atom stereocenters. The fourth-order valence-electron chi connectivity index (χ4n) is 3.45. The minimum Gasteiger partial charge on any atom is -0.350 e. The Hall–Kier alpha value is -2.77. The van der Waals surface area contributed by atoms with Crippen molar-refractivity contribution in [2.24, 2.45) is 0 Å². The van der Waals surface area contributed by atoms with Gasteiger partial charge in [-0.15, -0.1) is 0 Å². The molecule has 3 aromatic rings. The van der Waals surface area contributed by atoms with Crippen LogP contribution >= 0.6 is 11.6 Å². The van der Waals surface area contributed by atoms with E-state index in [1.54, 1.807) is 24.3 Å². The molecule has 0 radical (unpaired) electrons. The summed E-state index contributed by atoms with van der Waals surface area (Å²) in [5.74, 6) is 0.119. The highest BCUT2D eigenvalue weighted by Crippen LogP contribution is 2.16. The Morgan fingerprint density at radius 3 is 2.48 bits per heavy atom. The van der Waals surface area contributed by atoms with Gasteiger partial charge in [-0.25, -0.2) is 14.2 Å². The van der Waals surface area contributed by atoms with Gasteiger partial charge < -0.3 is 5.32 Å². The summed E-state index contributed by atoms with van der Waals surface area (Å²) in [4.78, 5) is 23.0. The van der Waals surface area contributed by atoms with Gasteiger partial charge in [0.1, 0.15) is 12.1 Å². The van der Waals surface area contributed by atoms with Gasteiger partial charge >= 0.3 is 5.69 Å². The summed E-state index contributed by atoms with van der Waals surface area (Å²) in [6.07, 6.45) is 2.44. The Kier molecular flexibility index (Phi) is 5.87. The monoisotopic (exact) mass is 413 g/mol.